The van der Waals surface area contributed by atoms with Crippen LogP contribution >= 0.6 is 0 Å². The molecule has 6 nitrogen and oxygen atoms in total. The Morgan fingerprint density at radius 1 is 1.19 bits per heavy atom. The van der Waals surface area contributed by atoms with Crippen LogP contribution in [0.2, 0.25) is 0 Å². The number of ether oxygens (including phenoxy) is 3. The van der Waals surface area contributed by atoms with Crippen LogP contribution in [0, 0.1) is 5.92 Å². The highest BCUT2D eigenvalue weighted by molar-refractivity contribution is 5.76. The van der Waals surface area contributed by atoms with Gasteiger partial charge in [-0.15, -0.1) is 0 Å². The summed E-state index contributed by atoms with van der Waals surface area (Å²) in [6, 6.07) is 6.44. The van der Waals surface area contributed by atoms with Gasteiger partial charge in [-0.05, 0) is 42.9 Å². The first-order valence-electron chi connectivity index (χ1n) is 9.62. The van der Waals surface area contributed by atoms with E-state index < -0.39 is 0 Å². The molecule has 1 aromatic carbocycles. The fourth-order valence-electron chi connectivity index (χ4n) is 4.37. The monoisotopic (exact) mass is 360 g/mol. The van der Waals surface area contributed by atoms with Crippen molar-refractivity contribution in [3.8, 4) is 11.5 Å². The first-order valence-corrected chi connectivity index (χ1v) is 9.62. The number of fused-ring (bicyclic) bond motifs is 5. The van der Waals surface area contributed by atoms with Crippen LogP contribution in [0.25, 0.3) is 0 Å². The van der Waals surface area contributed by atoms with Crippen LogP contribution in [0.3, 0.4) is 0 Å². The standard InChI is InChI=1S/C20H28N2O4/c1-24-9-8-21-11-16-2-5-17(21)13-22(12-16)20(23)7-4-15-3-6-18-19(10-15)26-14-25-18/h3,6,10,16-17H,2,4-5,7-9,11-14H2,1H3/t16-,17-/m1/s1. The van der Waals surface area contributed by atoms with E-state index in [1.807, 2.05) is 18.2 Å². The van der Waals surface area contributed by atoms with Gasteiger partial charge in [0.1, 0.15) is 0 Å². The SMILES string of the molecule is COCCN1C[C@H]2CC[C@@H]1CN(C(=O)CCc1ccc3c(c1)OCO3)C2. The highest BCUT2D eigenvalue weighted by Gasteiger charge is 2.35. The van der Waals surface area contributed by atoms with Gasteiger partial charge in [-0.2, -0.15) is 0 Å². The van der Waals surface area contributed by atoms with E-state index in [1.54, 1.807) is 7.11 Å². The summed E-state index contributed by atoms with van der Waals surface area (Å²) in [7, 11) is 1.75. The van der Waals surface area contributed by atoms with Gasteiger partial charge in [0.05, 0.1) is 6.61 Å². The fourth-order valence-corrected chi connectivity index (χ4v) is 4.37. The van der Waals surface area contributed by atoms with Gasteiger partial charge in [0, 0.05) is 45.8 Å². The van der Waals surface area contributed by atoms with Crippen LogP contribution < -0.4 is 9.47 Å². The number of amides is 1. The lowest BCUT2D eigenvalue weighted by Gasteiger charge is -2.35. The van der Waals surface area contributed by atoms with Gasteiger partial charge >= 0.3 is 0 Å². The second-order valence-electron chi connectivity index (χ2n) is 7.57. The third-order valence-electron chi connectivity index (χ3n) is 5.83. The fraction of sp³-hybridized carbons (Fsp3) is 0.650. The lowest BCUT2D eigenvalue weighted by molar-refractivity contribution is -0.131. The van der Waals surface area contributed by atoms with Gasteiger partial charge in [-0.1, -0.05) is 6.07 Å². The topological polar surface area (TPSA) is 51.2 Å². The molecule has 6 heteroatoms. The molecular formula is C20H28N2O4. The number of carbonyl (C=O) groups excluding carboxylic acids is 1. The number of piperidine rings is 1. The molecule has 0 aromatic heterocycles. The van der Waals surface area contributed by atoms with Crippen molar-refractivity contribution in [3.63, 3.8) is 0 Å². The largest absolute Gasteiger partial charge is 0.454 e. The summed E-state index contributed by atoms with van der Waals surface area (Å²) in [5.74, 6) is 2.45. The van der Waals surface area contributed by atoms with E-state index in [4.69, 9.17) is 14.2 Å². The Hall–Kier alpha value is -1.79. The van der Waals surface area contributed by atoms with Crippen molar-refractivity contribution in [2.45, 2.75) is 31.7 Å². The molecule has 0 unspecified atom stereocenters. The van der Waals surface area contributed by atoms with Crippen LogP contribution in [0.5, 0.6) is 11.5 Å². The van der Waals surface area contributed by atoms with Crippen molar-refractivity contribution in [3.05, 3.63) is 23.8 Å². The summed E-state index contributed by atoms with van der Waals surface area (Å²) >= 11 is 0. The minimum Gasteiger partial charge on any atom is -0.454 e. The van der Waals surface area contributed by atoms with E-state index in [0.717, 1.165) is 56.3 Å². The van der Waals surface area contributed by atoms with Crippen molar-refractivity contribution in [1.29, 1.82) is 0 Å². The molecule has 4 heterocycles. The number of methoxy groups -OCH3 is 1. The molecule has 0 aliphatic carbocycles. The Morgan fingerprint density at radius 2 is 2.08 bits per heavy atom. The third-order valence-corrected chi connectivity index (χ3v) is 5.83. The van der Waals surface area contributed by atoms with E-state index in [1.165, 1.54) is 12.8 Å². The normalized spacial score (nSPS) is 24.7. The zero-order valence-electron chi connectivity index (χ0n) is 15.5. The molecule has 4 aliphatic heterocycles. The lowest BCUT2D eigenvalue weighted by Crippen LogP contribution is -2.45. The minimum absolute atomic E-state index is 0.271. The van der Waals surface area contributed by atoms with E-state index >= 15 is 0 Å². The number of carbonyl (C=O) groups is 1. The number of nitrogens with zero attached hydrogens (tertiary/aromatic N) is 2. The molecule has 3 saturated heterocycles. The molecule has 3 fully saturated rings. The highest BCUT2D eigenvalue weighted by Crippen LogP contribution is 2.33. The molecule has 0 radical (unpaired) electrons. The van der Waals surface area contributed by atoms with Gasteiger partial charge < -0.3 is 19.1 Å². The molecule has 1 amide bonds. The summed E-state index contributed by atoms with van der Waals surface area (Å²) in [6.45, 7) is 4.88. The molecule has 5 rings (SSSR count). The van der Waals surface area contributed by atoms with Crippen LogP contribution in [0.1, 0.15) is 24.8 Å². The first kappa shape index (κ1) is 17.6. The van der Waals surface area contributed by atoms with Crippen LogP contribution in [-0.2, 0) is 16.0 Å². The molecule has 2 bridgehead atoms. The first-order chi connectivity index (χ1) is 12.7. The maximum Gasteiger partial charge on any atom is 0.231 e. The van der Waals surface area contributed by atoms with Crippen molar-refractivity contribution in [1.82, 2.24) is 9.80 Å². The molecule has 1 aromatic rings. The zero-order chi connectivity index (χ0) is 17.9. The summed E-state index contributed by atoms with van der Waals surface area (Å²) in [5, 5.41) is 0. The number of rotatable bonds is 6. The maximum absolute atomic E-state index is 12.8. The van der Waals surface area contributed by atoms with Gasteiger partial charge in [0.2, 0.25) is 12.7 Å². The predicted molar refractivity (Wildman–Crippen MR) is 97.4 cm³/mol. The minimum atomic E-state index is 0.271. The zero-order valence-corrected chi connectivity index (χ0v) is 15.5. The smallest absolute Gasteiger partial charge is 0.231 e. The second kappa shape index (κ2) is 7.84. The summed E-state index contributed by atoms with van der Waals surface area (Å²) in [5.41, 5.74) is 1.13. The van der Waals surface area contributed by atoms with Crippen molar-refractivity contribution >= 4 is 5.91 Å². The molecule has 0 N–H and O–H groups in total. The number of hydrogen-bond acceptors (Lipinski definition) is 5. The Kier molecular flexibility index (Phi) is 5.31. The predicted octanol–water partition coefficient (Wildman–Crippen LogP) is 1.92. The van der Waals surface area contributed by atoms with Crippen molar-refractivity contribution in [2.24, 2.45) is 5.92 Å². The number of aryl methyl sites for hydroxylation is 1. The number of hydrogen-bond donors (Lipinski definition) is 0. The highest BCUT2D eigenvalue weighted by atomic mass is 16.7. The summed E-state index contributed by atoms with van der Waals surface area (Å²) in [4.78, 5) is 17.4. The Balaban J connectivity index is 1.33. The number of benzene rings is 1. The van der Waals surface area contributed by atoms with E-state index in [0.29, 0.717) is 18.4 Å². The molecule has 142 valence electrons. The average Bonchev–Trinajstić information content (AvgIpc) is 2.93. The van der Waals surface area contributed by atoms with Gasteiger partial charge in [-0.25, -0.2) is 0 Å². The Bertz CT molecular complexity index is 651. The molecular weight excluding hydrogens is 332 g/mol. The van der Waals surface area contributed by atoms with Gasteiger partial charge in [0.15, 0.2) is 11.5 Å². The second-order valence-corrected chi connectivity index (χ2v) is 7.57. The molecule has 4 aliphatic rings. The average molecular weight is 360 g/mol. The maximum atomic E-state index is 12.8. The van der Waals surface area contributed by atoms with E-state index in [2.05, 4.69) is 9.80 Å². The van der Waals surface area contributed by atoms with E-state index in [-0.39, 0.29) is 12.7 Å². The molecule has 0 saturated carbocycles. The van der Waals surface area contributed by atoms with Crippen LogP contribution in [0.15, 0.2) is 18.2 Å². The van der Waals surface area contributed by atoms with E-state index in [9.17, 15) is 4.79 Å². The summed E-state index contributed by atoms with van der Waals surface area (Å²) < 4.78 is 16.0. The van der Waals surface area contributed by atoms with Gasteiger partial charge in [0.25, 0.3) is 0 Å². The quantitative estimate of drug-likeness (QED) is 0.776. The lowest BCUT2D eigenvalue weighted by atomic mass is 9.95. The Labute approximate surface area is 155 Å². The van der Waals surface area contributed by atoms with Crippen LogP contribution in [0.4, 0.5) is 0 Å². The third kappa shape index (κ3) is 3.81. The Morgan fingerprint density at radius 3 is 2.96 bits per heavy atom. The molecule has 0 spiro atoms. The van der Waals surface area contributed by atoms with Crippen LogP contribution in [-0.4, -0.2) is 68.4 Å². The van der Waals surface area contributed by atoms with Crippen molar-refractivity contribution in [2.75, 3.05) is 46.7 Å². The van der Waals surface area contributed by atoms with Crippen molar-refractivity contribution < 1.29 is 19.0 Å². The van der Waals surface area contributed by atoms with Gasteiger partial charge in [-0.3, -0.25) is 9.69 Å². The summed E-state index contributed by atoms with van der Waals surface area (Å²) in [6.07, 6.45) is 3.73. The molecule has 2 atom stereocenters. The molecule has 26 heavy (non-hydrogen) atoms.